The second-order valence-electron chi connectivity index (χ2n) is 3.47. The minimum Gasteiger partial charge on any atom is -0.479 e. The maximum Gasteiger partial charge on any atom is 0.341 e. The molecule has 0 atom stereocenters. The van der Waals surface area contributed by atoms with Crippen LogP contribution in [0, 0.1) is 5.82 Å². The van der Waals surface area contributed by atoms with Crippen LogP contribution in [0.15, 0.2) is 30.3 Å². The summed E-state index contributed by atoms with van der Waals surface area (Å²) in [6.45, 7) is 0. The molecule has 2 rings (SSSR count). The molecule has 0 amide bonds. The molecule has 1 N–H and O–H groups in total. The second kappa shape index (κ2) is 4.79. The van der Waals surface area contributed by atoms with Gasteiger partial charge in [0.25, 0.3) is 0 Å². The van der Waals surface area contributed by atoms with Gasteiger partial charge in [0, 0.05) is 5.56 Å². The number of methoxy groups -OCH3 is 1. The monoisotopic (exact) mass is 248 g/mol. The third-order valence-corrected chi connectivity index (χ3v) is 2.30. The van der Waals surface area contributed by atoms with Gasteiger partial charge in [-0.1, -0.05) is 12.1 Å². The zero-order valence-electron chi connectivity index (χ0n) is 9.42. The minimum atomic E-state index is -1.18. The Hall–Kier alpha value is -2.50. The Kier molecular flexibility index (Phi) is 3.18. The number of carboxylic acid groups (broad SMARTS) is 1. The first-order valence-electron chi connectivity index (χ1n) is 5.03. The molecule has 0 unspecified atom stereocenters. The van der Waals surface area contributed by atoms with E-state index in [4.69, 9.17) is 9.84 Å². The predicted octanol–water partition coefficient (Wildman–Crippen LogP) is 1.99. The van der Waals surface area contributed by atoms with E-state index in [1.54, 1.807) is 6.07 Å². The van der Waals surface area contributed by atoms with E-state index in [1.807, 2.05) is 0 Å². The molecule has 1 heterocycles. The average molecular weight is 248 g/mol. The van der Waals surface area contributed by atoms with Crippen molar-refractivity contribution in [2.45, 2.75) is 0 Å². The van der Waals surface area contributed by atoms with Gasteiger partial charge in [0.05, 0.1) is 12.8 Å². The lowest BCUT2D eigenvalue weighted by Gasteiger charge is -2.05. The number of carbonyl (C=O) groups is 1. The molecule has 18 heavy (non-hydrogen) atoms. The number of rotatable bonds is 3. The summed E-state index contributed by atoms with van der Waals surface area (Å²) in [4.78, 5) is 11.0. The Morgan fingerprint density at radius 2 is 2.11 bits per heavy atom. The van der Waals surface area contributed by atoms with Crippen molar-refractivity contribution in [1.29, 1.82) is 0 Å². The Morgan fingerprint density at radius 3 is 2.72 bits per heavy atom. The first kappa shape index (κ1) is 12.0. The summed E-state index contributed by atoms with van der Waals surface area (Å²) in [5.41, 5.74) is 0.604. The molecule has 0 aliphatic heterocycles. The van der Waals surface area contributed by atoms with Gasteiger partial charge in [-0.05, 0) is 18.2 Å². The highest BCUT2D eigenvalue weighted by Gasteiger charge is 2.15. The zero-order valence-corrected chi connectivity index (χ0v) is 9.42. The molecular formula is C12H9FN2O3. The number of halogens is 1. The van der Waals surface area contributed by atoms with Crippen LogP contribution in [0.1, 0.15) is 10.4 Å². The van der Waals surface area contributed by atoms with Crippen LogP contribution >= 0.6 is 0 Å². The molecule has 92 valence electrons. The van der Waals surface area contributed by atoms with Crippen molar-refractivity contribution in [1.82, 2.24) is 10.2 Å². The number of aromatic nitrogens is 2. The van der Waals surface area contributed by atoms with Crippen LogP contribution in [0.4, 0.5) is 4.39 Å². The zero-order chi connectivity index (χ0) is 13.1. The molecule has 0 fully saturated rings. The van der Waals surface area contributed by atoms with Crippen molar-refractivity contribution in [3.63, 3.8) is 0 Å². The quantitative estimate of drug-likeness (QED) is 0.899. The van der Waals surface area contributed by atoms with E-state index in [-0.39, 0.29) is 17.1 Å². The summed E-state index contributed by atoms with van der Waals surface area (Å²) < 4.78 is 17.9. The SMILES string of the molecule is COc1nnc(-c2cccc(F)c2)cc1C(=O)O. The molecule has 0 aliphatic rings. The Bertz CT molecular complexity index is 602. The molecule has 1 aromatic heterocycles. The van der Waals surface area contributed by atoms with Gasteiger partial charge < -0.3 is 9.84 Å². The highest BCUT2D eigenvalue weighted by molar-refractivity contribution is 5.91. The first-order valence-corrected chi connectivity index (χ1v) is 5.03. The predicted molar refractivity (Wildman–Crippen MR) is 60.9 cm³/mol. The molecule has 0 bridgehead atoms. The number of carboxylic acids is 1. The fourth-order valence-corrected chi connectivity index (χ4v) is 1.47. The average Bonchev–Trinajstić information content (AvgIpc) is 2.38. The Labute approximate surface area is 102 Å². The lowest BCUT2D eigenvalue weighted by atomic mass is 10.1. The normalized spacial score (nSPS) is 10.1. The van der Waals surface area contributed by atoms with Crippen molar-refractivity contribution in [2.75, 3.05) is 7.11 Å². The maximum absolute atomic E-state index is 13.1. The van der Waals surface area contributed by atoms with E-state index in [1.165, 1.54) is 31.4 Å². The van der Waals surface area contributed by atoms with Crippen LogP contribution in [0.2, 0.25) is 0 Å². The highest BCUT2D eigenvalue weighted by atomic mass is 19.1. The maximum atomic E-state index is 13.1. The fraction of sp³-hybridized carbons (Fsp3) is 0.0833. The van der Waals surface area contributed by atoms with Gasteiger partial charge in [-0.2, -0.15) is 0 Å². The Morgan fingerprint density at radius 1 is 1.33 bits per heavy atom. The number of ether oxygens (including phenoxy) is 1. The van der Waals surface area contributed by atoms with Gasteiger partial charge in [-0.3, -0.25) is 0 Å². The smallest absolute Gasteiger partial charge is 0.341 e. The van der Waals surface area contributed by atoms with Crippen molar-refractivity contribution in [2.24, 2.45) is 0 Å². The van der Waals surface area contributed by atoms with Crippen LogP contribution in [-0.4, -0.2) is 28.4 Å². The molecule has 0 saturated heterocycles. The number of benzene rings is 1. The van der Waals surface area contributed by atoms with E-state index < -0.39 is 11.8 Å². The second-order valence-corrected chi connectivity index (χ2v) is 3.47. The topological polar surface area (TPSA) is 72.3 Å². The minimum absolute atomic E-state index is 0.0809. The highest BCUT2D eigenvalue weighted by Crippen LogP contribution is 2.22. The third-order valence-electron chi connectivity index (χ3n) is 2.30. The molecule has 0 spiro atoms. The lowest BCUT2D eigenvalue weighted by Crippen LogP contribution is -2.04. The van der Waals surface area contributed by atoms with Crippen LogP contribution < -0.4 is 4.74 Å². The molecule has 0 saturated carbocycles. The molecule has 0 aliphatic carbocycles. The number of hydrogen-bond acceptors (Lipinski definition) is 4. The summed E-state index contributed by atoms with van der Waals surface area (Å²) in [7, 11) is 1.30. The van der Waals surface area contributed by atoms with E-state index >= 15 is 0 Å². The molecular weight excluding hydrogens is 239 g/mol. The van der Waals surface area contributed by atoms with Gasteiger partial charge in [0.15, 0.2) is 0 Å². The van der Waals surface area contributed by atoms with Crippen molar-refractivity contribution in [3.05, 3.63) is 41.7 Å². The number of nitrogens with zero attached hydrogens (tertiary/aromatic N) is 2. The fourth-order valence-electron chi connectivity index (χ4n) is 1.47. The summed E-state index contributed by atoms with van der Waals surface area (Å²) in [5, 5.41) is 16.4. The summed E-state index contributed by atoms with van der Waals surface area (Å²) in [5.74, 6) is -1.69. The molecule has 2 aromatic rings. The van der Waals surface area contributed by atoms with E-state index in [9.17, 15) is 9.18 Å². The van der Waals surface area contributed by atoms with Gasteiger partial charge in [-0.25, -0.2) is 9.18 Å². The molecule has 1 aromatic carbocycles. The van der Waals surface area contributed by atoms with E-state index in [0.29, 0.717) is 5.56 Å². The van der Waals surface area contributed by atoms with Crippen LogP contribution in [-0.2, 0) is 0 Å². The van der Waals surface area contributed by atoms with Crippen LogP contribution in [0.5, 0.6) is 5.88 Å². The number of hydrogen-bond donors (Lipinski definition) is 1. The molecule has 0 radical (unpaired) electrons. The van der Waals surface area contributed by atoms with Gasteiger partial charge in [0.1, 0.15) is 11.4 Å². The van der Waals surface area contributed by atoms with Crippen LogP contribution in [0.25, 0.3) is 11.3 Å². The lowest BCUT2D eigenvalue weighted by molar-refractivity contribution is 0.0692. The molecule has 6 heteroatoms. The Balaban J connectivity index is 2.53. The van der Waals surface area contributed by atoms with Gasteiger partial charge in [-0.15, -0.1) is 10.2 Å². The first-order chi connectivity index (χ1) is 8.61. The van der Waals surface area contributed by atoms with Gasteiger partial charge >= 0.3 is 5.97 Å². The summed E-state index contributed by atoms with van der Waals surface area (Å²) >= 11 is 0. The molecule has 5 nitrogen and oxygen atoms in total. The van der Waals surface area contributed by atoms with Crippen molar-refractivity contribution < 1.29 is 19.0 Å². The largest absolute Gasteiger partial charge is 0.479 e. The summed E-state index contributed by atoms with van der Waals surface area (Å²) in [6, 6.07) is 6.96. The van der Waals surface area contributed by atoms with E-state index in [0.717, 1.165) is 0 Å². The summed E-state index contributed by atoms with van der Waals surface area (Å²) in [6.07, 6.45) is 0. The third kappa shape index (κ3) is 2.27. The van der Waals surface area contributed by atoms with E-state index in [2.05, 4.69) is 10.2 Å². The van der Waals surface area contributed by atoms with Crippen molar-refractivity contribution in [3.8, 4) is 17.1 Å². The van der Waals surface area contributed by atoms with Crippen LogP contribution in [0.3, 0.4) is 0 Å². The van der Waals surface area contributed by atoms with Gasteiger partial charge in [0.2, 0.25) is 5.88 Å². The number of aromatic carboxylic acids is 1. The standard InChI is InChI=1S/C12H9FN2O3/c1-18-11-9(12(16)17)6-10(14-15-11)7-3-2-4-8(13)5-7/h2-6H,1H3,(H,16,17). The van der Waals surface area contributed by atoms with Crippen molar-refractivity contribution >= 4 is 5.97 Å².